The standard InChI is InChI=1S/C13H28N2O/c1-3-8-15(9-4-2)10-5-6-13-12-14-7-11-16-13/h13-14H,3-12H2,1-2H3. The molecule has 0 aromatic heterocycles. The number of nitrogens with zero attached hydrogens (tertiary/aromatic N) is 1. The van der Waals surface area contributed by atoms with Crippen LogP contribution in [0.15, 0.2) is 0 Å². The van der Waals surface area contributed by atoms with Crippen molar-refractivity contribution in [3.05, 3.63) is 0 Å². The highest BCUT2D eigenvalue weighted by Crippen LogP contribution is 2.06. The maximum Gasteiger partial charge on any atom is 0.0700 e. The maximum absolute atomic E-state index is 5.70. The van der Waals surface area contributed by atoms with Crippen molar-refractivity contribution < 1.29 is 4.74 Å². The van der Waals surface area contributed by atoms with Crippen LogP contribution in [0.3, 0.4) is 0 Å². The van der Waals surface area contributed by atoms with Crippen LogP contribution in [-0.4, -0.2) is 50.3 Å². The Labute approximate surface area is 101 Å². The lowest BCUT2D eigenvalue weighted by atomic mass is 10.1. The largest absolute Gasteiger partial charge is 0.376 e. The number of hydrogen-bond donors (Lipinski definition) is 1. The van der Waals surface area contributed by atoms with Crippen LogP contribution in [0.4, 0.5) is 0 Å². The van der Waals surface area contributed by atoms with E-state index in [-0.39, 0.29) is 0 Å². The average Bonchev–Trinajstić information content (AvgIpc) is 2.31. The molecule has 1 unspecified atom stereocenters. The summed E-state index contributed by atoms with van der Waals surface area (Å²) in [7, 11) is 0. The van der Waals surface area contributed by atoms with Gasteiger partial charge in [0.25, 0.3) is 0 Å². The number of rotatable bonds is 8. The van der Waals surface area contributed by atoms with Crippen molar-refractivity contribution in [3.8, 4) is 0 Å². The molecule has 1 fully saturated rings. The van der Waals surface area contributed by atoms with Crippen LogP contribution in [0.1, 0.15) is 39.5 Å². The Morgan fingerprint density at radius 3 is 2.50 bits per heavy atom. The van der Waals surface area contributed by atoms with E-state index in [0.717, 1.165) is 19.7 Å². The summed E-state index contributed by atoms with van der Waals surface area (Å²) in [6, 6.07) is 0. The Morgan fingerprint density at radius 2 is 1.94 bits per heavy atom. The third-order valence-corrected chi connectivity index (χ3v) is 3.08. The van der Waals surface area contributed by atoms with Gasteiger partial charge < -0.3 is 15.0 Å². The summed E-state index contributed by atoms with van der Waals surface area (Å²) in [6.45, 7) is 11.2. The molecule has 1 N–H and O–H groups in total. The van der Waals surface area contributed by atoms with Crippen molar-refractivity contribution in [1.29, 1.82) is 0 Å². The van der Waals surface area contributed by atoms with E-state index in [1.807, 2.05) is 0 Å². The fourth-order valence-corrected chi connectivity index (χ4v) is 2.32. The quantitative estimate of drug-likeness (QED) is 0.686. The predicted molar refractivity (Wildman–Crippen MR) is 68.9 cm³/mol. The maximum atomic E-state index is 5.70. The molecule has 0 amide bonds. The molecule has 3 nitrogen and oxygen atoms in total. The molecule has 0 radical (unpaired) electrons. The zero-order valence-electron chi connectivity index (χ0n) is 11.0. The molecule has 1 aliphatic rings. The molecule has 0 bridgehead atoms. The van der Waals surface area contributed by atoms with Crippen molar-refractivity contribution in [2.24, 2.45) is 0 Å². The highest BCUT2D eigenvalue weighted by Gasteiger charge is 2.13. The van der Waals surface area contributed by atoms with E-state index in [4.69, 9.17) is 4.74 Å². The fraction of sp³-hybridized carbons (Fsp3) is 1.00. The van der Waals surface area contributed by atoms with Crippen LogP contribution in [0.25, 0.3) is 0 Å². The number of ether oxygens (including phenoxy) is 1. The van der Waals surface area contributed by atoms with Crippen LogP contribution in [0.2, 0.25) is 0 Å². The number of morpholine rings is 1. The molecule has 1 rings (SSSR count). The second-order valence-corrected chi connectivity index (χ2v) is 4.68. The first-order valence-electron chi connectivity index (χ1n) is 6.91. The van der Waals surface area contributed by atoms with Crippen LogP contribution in [0, 0.1) is 0 Å². The van der Waals surface area contributed by atoms with Crippen molar-refractivity contribution in [2.45, 2.75) is 45.6 Å². The van der Waals surface area contributed by atoms with E-state index in [9.17, 15) is 0 Å². The second kappa shape index (κ2) is 8.97. The summed E-state index contributed by atoms with van der Waals surface area (Å²) in [5, 5.41) is 3.38. The van der Waals surface area contributed by atoms with Gasteiger partial charge in [-0.25, -0.2) is 0 Å². The van der Waals surface area contributed by atoms with E-state index < -0.39 is 0 Å². The van der Waals surface area contributed by atoms with E-state index in [1.54, 1.807) is 0 Å². The Hall–Kier alpha value is -0.120. The Balaban J connectivity index is 2.06. The number of hydrogen-bond acceptors (Lipinski definition) is 3. The first-order chi connectivity index (χ1) is 7.86. The van der Waals surface area contributed by atoms with Crippen molar-refractivity contribution >= 4 is 0 Å². The van der Waals surface area contributed by atoms with E-state index in [2.05, 4.69) is 24.1 Å². The molecule has 3 heteroatoms. The first-order valence-corrected chi connectivity index (χ1v) is 6.91. The van der Waals surface area contributed by atoms with Crippen LogP contribution in [0.5, 0.6) is 0 Å². The van der Waals surface area contributed by atoms with Crippen molar-refractivity contribution in [3.63, 3.8) is 0 Å². The minimum absolute atomic E-state index is 0.457. The van der Waals surface area contributed by atoms with Gasteiger partial charge in [0.2, 0.25) is 0 Å². The summed E-state index contributed by atoms with van der Waals surface area (Å²) >= 11 is 0. The Bertz CT molecular complexity index is 152. The highest BCUT2D eigenvalue weighted by atomic mass is 16.5. The molecule has 0 aromatic carbocycles. The number of nitrogens with one attached hydrogen (secondary N) is 1. The van der Waals surface area contributed by atoms with Gasteiger partial charge in [-0.2, -0.15) is 0 Å². The minimum Gasteiger partial charge on any atom is -0.376 e. The summed E-state index contributed by atoms with van der Waals surface area (Å²) < 4.78 is 5.70. The lowest BCUT2D eigenvalue weighted by Gasteiger charge is -2.25. The van der Waals surface area contributed by atoms with E-state index in [0.29, 0.717) is 6.10 Å². The molecule has 0 spiro atoms. The second-order valence-electron chi connectivity index (χ2n) is 4.68. The molecule has 0 aromatic rings. The van der Waals surface area contributed by atoms with E-state index >= 15 is 0 Å². The van der Waals surface area contributed by atoms with Gasteiger partial charge >= 0.3 is 0 Å². The summed E-state index contributed by atoms with van der Waals surface area (Å²) in [5.41, 5.74) is 0. The lowest BCUT2D eigenvalue weighted by molar-refractivity contribution is 0.0208. The van der Waals surface area contributed by atoms with Gasteiger partial charge in [0, 0.05) is 13.1 Å². The molecule has 1 aliphatic heterocycles. The molecule has 1 heterocycles. The summed E-state index contributed by atoms with van der Waals surface area (Å²) in [6.07, 6.45) is 5.46. The molecule has 96 valence electrons. The van der Waals surface area contributed by atoms with Crippen molar-refractivity contribution in [2.75, 3.05) is 39.3 Å². The van der Waals surface area contributed by atoms with Gasteiger partial charge in [-0.3, -0.25) is 0 Å². The zero-order valence-corrected chi connectivity index (χ0v) is 11.0. The highest BCUT2D eigenvalue weighted by molar-refractivity contribution is 4.68. The van der Waals surface area contributed by atoms with Crippen LogP contribution >= 0.6 is 0 Å². The van der Waals surface area contributed by atoms with Gasteiger partial charge in [0.15, 0.2) is 0 Å². The van der Waals surface area contributed by atoms with Gasteiger partial charge in [0.05, 0.1) is 12.7 Å². The monoisotopic (exact) mass is 228 g/mol. The van der Waals surface area contributed by atoms with Crippen LogP contribution < -0.4 is 5.32 Å². The van der Waals surface area contributed by atoms with Crippen LogP contribution in [-0.2, 0) is 4.74 Å². The SMILES string of the molecule is CCCN(CCC)CCCC1CNCCO1. The zero-order chi connectivity index (χ0) is 11.6. The van der Waals surface area contributed by atoms with Crippen molar-refractivity contribution in [1.82, 2.24) is 10.2 Å². The Kier molecular flexibility index (Phi) is 7.81. The third kappa shape index (κ3) is 5.83. The Morgan fingerprint density at radius 1 is 1.19 bits per heavy atom. The molecule has 0 aliphatic carbocycles. The van der Waals surface area contributed by atoms with Gasteiger partial charge in [-0.1, -0.05) is 13.8 Å². The topological polar surface area (TPSA) is 24.5 Å². The first kappa shape index (κ1) is 13.9. The fourth-order valence-electron chi connectivity index (χ4n) is 2.32. The normalized spacial score (nSPS) is 21.6. The molecule has 1 saturated heterocycles. The van der Waals surface area contributed by atoms with Gasteiger partial charge in [-0.15, -0.1) is 0 Å². The molecule has 0 saturated carbocycles. The third-order valence-electron chi connectivity index (χ3n) is 3.08. The van der Waals surface area contributed by atoms with Gasteiger partial charge in [0.1, 0.15) is 0 Å². The summed E-state index contributed by atoms with van der Waals surface area (Å²) in [5.74, 6) is 0. The summed E-state index contributed by atoms with van der Waals surface area (Å²) in [4.78, 5) is 2.58. The van der Waals surface area contributed by atoms with Gasteiger partial charge in [-0.05, 0) is 45.3 Å². The van der Waals surface area contributed by atoms with E-state index in [1.165, 1.54) is 45.3 Å². The minimum atomic E-state index is 0.457. The predicted octanol–water partition coefficient (Wildman–Crippen LogP) is 1.88. The average molecular weight is 228 g/mol. The lowest BCUT2D eigenvalue weighted by Crippen LogP contribution is -2.39. The molecule has 16 heavy (non-hydrogen) atoms. The molecular formula is C13H28N2O. The molecular weight excluding hydrogens is 200 g/mol. The smallest absolute Gasteiger partial charge is 0.0700 e. The molecule has 1 atom stereocenters.